The smallest absolute Gasteiger partial charge is 0.287 e. The molecule has 8 heteroatoms. The highest BCUT2D eigenvalue weighted by Gasteiger charge is 2.29. The van der Waals surface area contributed by atoms with E-state index >= 15 is 0 Å². The Morgan fingerprint density at radius 3 is 2.62 bits per heavy atom. The van der Waals surface area contributed by atoms with E-state index in [-0.39, 0.29) is 22.6 Å². The van der Waals surface area contributed by atoms with E-state index in [1.807, 2.05) is 0 Å². The number of rotatable bonds is 4. The highest BCUT2D eigenvalue weighted by atomic mass is 32.2. The molecule has 1 amide bonds. The van der Waals surface area contributed by atoms with Gasteiger partial charge < -0.3 is 14.5 Å². The zero-order chi connectivity index (χ0) is 20.6. The Kier molecular flexibility index (Phi) is 5.68. The number of furan rings is 1. The maximum Gasteiger partial charge on any atom is 0.287 e. The molecule has 1 aliphatic carbocycles. The van der Waals surface area contributed by atoms with E-state index in [9.17, 15) is 13.2 Å². The lowest BCUT2D eigenvalue weighted by Gasteiger charge is -2.29. The molecule has 158 valence electrons. The van der Waals surface area contributed by atoms with Crippen molar-refractivity contribution in [3.63, 3.8) is 0 Å². The molecule has 0 bridgehead atoms. The quantitative estimate of drug-likeness (QED) is 0.821. The Hall–Kier alpha value is -1.90. The molecule has 29 heavy (non-hydrogen) atoms. The molecule has 2 atom stereocenters. The molecule has 0 unspecified atom stereocenters. The topological polar surface area (TPSA) is 88.8 Å². The van der Waals surface area contributed by atoms with E-state index in [1.54, 1.807) is 25.1 Å². The average Bonchev–Trinajstić information content (AvgIpc) is 3.06. The van der Waals surface area contributed by atoms with Crippen molar-refractivity contribution in [1.82, 2.24) is 9.62 Å². The molecule has 1 aromatic carbocycles. The number of carbonyl (C=O) groups is 1. The summed E-state index contributed by atoms with van der Waals surface area (Å²) in [6, 6.07) is 4.94. The SMILES string of the molecule is Cc1c(C(=O)N[C@@H]2CCCC[C@H]2C)oc2ccc(S(=O)(=O)N3CCOCC3)cc12. The van der Waals surface area contributed by atoms with E-state index < -0.39 is 10.0 Å². The number of nitrogens with zero attached hydrogens (tertiary/aromatic N) is 1. The van der Waals surface area contributed by atoms with Crippen molar-refractivity contribution < 1.29 is 22.4 Å². The van der Waals surface area contributed by atoms with Gasteiger partial charge in [-0.1, -0.05) is 19.8 Å². The molecular weight excluding hydrogens is 392 g/mol. The van der Waals surface area contributed by atoms with E-state index in [4.69, 9.17) is 9.15 Å². The molecule has 7 nitrogen and oxygen atoms in total. The van der Waals surface area contributed by atoms with Gasteiger partial charge in [0.05, 0.1) is 18.1 Å². The number of amides is 1. The molecule has 2 aromatic rings. The summed E-state index contributed by atoms with van der Waals surface area (Å²) in [7, 11) is -3.60. The standard InChI is InChI=1S/C21H28N2O5S/c1-14-5-3-4-6-18(14)22-21(24)20-15(2)17-13-16(7-8-19(17)28-20)29(25,26)23-9-11-27-12-10-23/h7-8,13-14,18H,3-6,9-12H2,1-2H3,(H,22,24)/t14-,18-/m1/s1. The summed E-state index contributed by atoms with van der Waals surface area (Å²) in [6.07, 6.45) is 4.43. The molecule has 2 aliphatic rings. The molecule has 2 heterocycles. The van der Waals surface area contributed by atoms with Crippen LogP contribution in [0.3, 0.4) is 0 Å². The first-order valence-corrected chi connectivity index (χ1v) is 11.7. The lowest BCUT2D eigenvalue weighted by Crippen LogP contribution is -2.41. The summed E-state index contributed by atoms with van der Waals surface area (Å²) in [6.45, 7) is 5.46. The maximum absolute atomic E-state index is 12.9. The van der Waals surface area contributed by atoms with Gasteiger partial charge in [0.25, 0.3) is 5.91 Å². The fraction of sp³-hybridized carbons (Fsp3) is 0.571. The number of hydrogen-bond donors (Lipinski definition) is 1. The molecule has 0 spiro atoms. The van der Waals surface area contributed by atoms with Gasteiger partial charge in [0, 0.05) is 30.1 Å². The van der Waals surface area contributed by atoms with Gasteiger partial charge in [-0.2, -0.15) is 4.31 Å². The van der Waals surface area contributed by atoms with Crippen molar-refractivity contribution in [2.24, 2.45) is 5.92 Å². The first kappa shape index (κ1) is 20.4. The Morgan fingerprint density at radius 1 is 1.17 bits per heavy atom. The third-order valence-electron chi connectivity index (χ3n) is 6.15. The molecule has 1 aromatic heterocycles. The average molecular weight is 421 g/mol. The second-order valence-electron chi connectivity index (χ2n) is 8.07. The van der Waals surface area contributed by atoms with Crippen LogP contribution in [0.4, 0.5) is 0 Å². The van der Waals surface area contributed by atoms with Crippen LogP contribution >= 0.6 is 0 Å². The summed E-state index contributed by atoms with van der Waals surface area (Å²) < 4.78 is 38.4. The lowest BCUT2D eigenvalue weighted by molar-refractivity contribution is 0.0730. The predicted octanol–water partition coefficient (Wildman–Crippen LogP) is 3.07. The van der Waals surface area contributed by atoms with Gasteiger partial charge in [-0.15, -0.1) is 0 Å². The normalized spacial score (nSPS) is 23.9. The summed E-state index contributed by atoms with van der Waals surface area (Å²) in [5, 5.41) is 3.76. The molecule has 0 radical (unpaired) electrons. The molecular formula is C21H28N2O5S. The van der Waals surface area contributed by atoms with Gasteiger partial charge in [-0.05, 0) is 43.9 Å². The largest absolute Gasteiger partial charge is 0.451 e. The van der Waals surface area contributed by atoms with E-state index in [1.165, 1.54) is 10.7 Å². The van der Waals surface area contributed by atoms with Crippen LogP contribution in [0.2, 0.25) is 0 Å². The number of carbonyl (C=O) groups excluding carboxylic acids is 1. The molecule has 1 aliphatic heterocycles. The van der Waals surface area contributed by atoms with Crippen molar-refractivity contribution in [2.75, 3.05) is 26.3 Å². The number of hydrogen-bond acceptors (Lipinski definition) is 5. The second kappa shape index (κ2) is 8.08. The van der Waals surface area contributed by atoms with Crippen LogP contribution in [-0.4, -0.2) is 51.0 Å². The van der Waals surface area contributed by atoms with Gasteiger partial charge >= 0.3 is 0 Å². The van der Waals surface area contributed by atoms with Gasteiger partial charge in [0.15, 0.2) is 5.76 Å². The van der Waals surface area contributed by atoms with Gasteiger partial charge in [0.1, 0.15) is 5.58 Å². The zero-order valence-electron chi connectivity index (χ0n) is 16.9. The fourth-order valence-electron chi connectivity index (χ4n) is 4.28. The van der Waals surface area contributed by atoms with Gasteiger partial charge in [0.2, 0.25) is 10.0 Å². The predicted molar refractivity (Wildman–Crippen MR) is 109 cm³/mol. The summed E-state index contributed by atoms with van der Waals surface area (Å²) >= 11 is 0. The Bertz CT molecular complexity index is 1010. The van der Waals surface area contributed by atoms with E-state index in [0.717, 1.165) is 19.3 Å². The van der Waals surface area contributed by atoms with Crippen LogP contribution in [0.25, 0.3) is 11.0 Å². The van der Waals surface area contributed by atoms with Crippen LogP contribution in [0.5, 0.6) is 0 Å². The monoisotopic (exact) mass is 420 g/mol. The molecule has 1 saturated carbocycles. The molecule has 1 saturated heterocycles. The first-order chi connectivity index (χ1) is 13.9. The van der Waals surface area contributed by atoms with Crippen molar-refractivity contribution in [3.05, 3.63) is 29.5 Å². The van der Waals surface area contributed by atoms with Gasteiger partial charge in [-0.25, -0.2) is 8.42 Å². The minimum absolute atomic E-state index is 0.154. The molecule has 2 fully saturated rings. The first-order valence-electron chi connectivity index (χ1n) is 10.3. The Labute approximate surface area is 171 Å². The third kappa shape index (κ3) is 3.93. The van der Waals surface area contributed by atoms with Gasteiger partial charge in [-0.3, -0.25) is 4.79 Å². The number of ether oxygens (including phenoxy) is 1. The van der Waals surface area contributed by atoms with Crippen LogP contribution < -0.4 is 5.32 Å². The second-order valence-corrected chi connectivity index (χ2v) is 10.0. The van der Waals surface area contributed by atoms with Crippen LogP contribution in [0.15, 0.2) is 27.5 Å². The Morgan fingerprint density at radius 2 is 1.90 bits per heavy atom. The van der Waals surface area contributed by atoms with E-state index in [0.29, 0.717) is 48.8 Å². The molecule has 4 rings (SSSR count). The highest BCUT2D eigenvalue weighted by molar-refractivity contribution is 7.89. The number of aryl methyl sites for hydroxylation is 1. The Balaban J connectivity index is 1.61. The van der Waals surface area contributed by atoms with Crippen molar-refractivity contribution in [2.45, 2.75) is 50.5 Å². The van der Waals surface area contributed by atoms with Crippen molar-refractivity contribution in [3.8, 4) is 0 Å². The van der Waals surface area contributed by atoms with Crippen molar-refractivity contribution >= 4 is 26.9 Å². The zero-order valence-corrected chi connectivity index (χ0v) is 17.8. The number of benzene rings is 1. The summed E-state index contributed by atoms with van der Waals surface area (Å²) in [4.78, 5) is 13.0. The van der Waals surface area contributed by atoms with Crippen molar-refractivity contribution in [1.29, 1.82) is 0 Å². The lowest BCUT2D eigenvalue weighted by atomic mass is 9.86. The highest BCUT2D eigenvalue weighted by Crippen LogP contribution is 2.30. The number of fused-ring (bicyclic) bond motifs is 1. The fourth-order valence-corrected chi connectivity index (χ4v) is 5.71. The van der Waals surface area contributed by atoms with Crippen LogP contribution in [0, 0.1) is 12.8 Å². The van der Waals surface area contributed by atoms with Crippen LogP contribution in [-0.2, 0) is 14.8 Å². The summed E-state index contributed by atoms with van der Waals surface area (Å²) in [5.74, 6) is 0.483. The van der Waals surface area contributed by atoms with Crippen LogP contribution in [0.1, 0.15) is 48.7 Å². The maximum atomic E-state index is 12.9. The summed E-state index contributed by atoms with van der Waals surface area (Å²) in [5.41, 5.74) is 1.19. The minimum Gasteiger partial charge on any atom is -0.451 e. The molecule has 1 N–H and O–H groups in total. The number of nitrogens with one attached hydrogen (secondary N) is 1. The van der Waals surface area contributed by atoms with E-state index in [2.05, 4.69) is 12.2 Å². The number of morpholine rings is 1. The number of sulfonamides is 1. The third-order valence-corrected chi connectivity index (χ3v) is 8.04. The minimum atomic E-state index is -3.60.